The maximum Gasteiger partial charge on any atom is 0.338 e. The van der Waals surface area contributed by atoms with Crippen LogP contribution in [0.4, 0.5) is 0 Å². The predicted molar refractivity (Wildman–Crippen MR) is 110 cm³/mol. The topological polar surface area (TPSA) is 82.3 Å². The van der Waals surface area contributed by atoms with Crippen molar-refractivity contribution in [3.63, 3.8) is 0 Å². The van der Waals surface area contributed by atoms with E-state index in [4.69, 9.17) is 20.8 Å². The zero-order valence-electron chi connectivity index (χ0n) is 16.1. The summed E-state index contributed by atoms with van der Waals surface area (Å²) in [4.78, 5) is 33.3. The first-order chi connectivity index (χ1) is 13.8. The number of aryl methyl sites for hydroxylation is 3. The summed E-state index contributed by atoms with van der Waals surface area (Å²) in [6, 6.07) is 9.73. The van der Waals surface area contributed by atoms with Crippen LogP contribution in [0.1, 0.15) is 32.9 Å². The van der Waals surface area contributed by atoms with Crippen molar-refractivity contribution in [2.75, 3.05) is 0 Å². The molecule has 0 atom stereocenters. The Bertz CT molecular complexity index is 1340. The van der Waals surface area contributed by atoms with Crippen molar-refractivity contribution < 1.29 is 13.9 Å². The molecule has 0 unspecified atom stereocenters. The van der Waals surface area contributed by atoms with Crippen LogP contribution in [0.5, 0.6) is 0 Å². The molecule has 0 bridgehead atoms. The standard InChI is InChI=1S/C22H17ClN2O4/c1-11-6-20-16(9-17(11)23)15(8-21(26)29-20)10-28-22(27)14-4-5-18-19(7-14)25-13(3)12(2)24-18/h4-9H,10H2,1-3H3. The van der Waals surface area contributed by atoms with Gasteiger partial charge < -0.3 is 9.15 Å². The van der Waals surface area contributed by atoms with Crippen molar-refractivity contribution in [1.82, 2.24) is 9.97 Å². The number of halogens is 1. The van der Waals surface area contributed by atoms with Crippen LogP contribution in [-0.4, -0.2) is 15.9 Å². The largest absolute Gasteiger partial charge is 0.457 e. The Kier molecular flexibility index (Phi) is 4.80. The highest BCUT2D eigenvalue weighted by Gasteiger charge is 2.13. The number of nitrogens with zero attached hydrogens (tertiary/aromatic N) is 2. The summed E-state index contributed by atoms with van der Waals surface area (Å²) < 4.78 is 10.7. The van der Waals surface area contributed by atoms with Gasteiger partial charge in [-0.2, -0.15) is 0 Å². The molecule has 4 aromatic rings. The fraction of sp³-hybridized carbons (Fsp3) is 0.182. The lowest BCUT2D eigenvalue weighted by molar-refractivity contribution is 0.0474. The molecule has 6 nitrogen and oxygen atoms in total. The highest BCUT2D eigenvalue weighted by Crippen LogP contribution is 2.26. The predicted octanol–water partition coefficient (Wildman–Crippen LogP) is 4.67. The summed E-state index contributed by atoms with van der Waals surface area (Å²) in [6.45, 7) is 5.49. The van der Waals surface area contributed by atoms with E-state index >= 15 is 0 Å². The monoisotopic (exact) mass is 408 g/mol. The molecule has 0 spiro atoms. The van der Waals surface area contributed by atoms with Gasteiger partial charge in [-0.1, -0.05) is 11.6 Å². The van der Waals surface area contributed by atoms with Crippen LogP contribution < -0.4 is 5.63 Å². The van der Waals surface area contributed by atoms with Gasteiger partial charge >= 0.3 is 11.6 Å². The first-order valence-electron chi connectivity index (χ1n) is 8.97. The van der Waals surface area contributed by atoms with E-state index in [1.54, 1.807) is 30.3 Å². The summed E-state index contributed by atoms with van der Waals surface area (Å²) >= 11 is 6.20. The van der Waals surface area contributed by atoms with Crippen molar-refractivity contribution in [1.29, 1.82) is 0 Å². The van der Waals surface area contributed by atoms with Crippen LogP contribution in [0.3, 0.4) is 0 Å². The molecule has 0 amide bonds. The third-order valence-electron chi connectivity index (χ3n) is 4.78. The van der Waals surface area contributed by atoms with Crippen LogP contribution in [0, 0.1) is 20.8 Å². The number of carbonyl (C=O) groups is 1. The number of carbonyl (C=O) groups excluding carboxylic acids is 1. The molecule has 0 N–H and O–H groups in total. The molecule has 0 radical (unpaired) electrons. The number of hydrogen-bond acceptors (Lipinski definition) is 6. The average molecular weight is 409 g/mol. The zero-order chi connectivity index (χ0) is 20.7. The SMILES string of the molecule is Cc1cc2oc(=O)cc(COC(=O)c3ccc4nc(C)c(C)nc4c3)c2cc1Cl. The smallest absolute Gasteiger partial charge is 0.338 e. The summed E-state index contributed by atoms with van der Waals surface area (Å²) in [5.74, 6) is -0.522. The zero-order valence-corrected chi connectivity index (χ0v) is 16.8. The number of aromatic nitrogens is 2. The van der Waals surface area contributed by atoms with Crippen LogP contribution in [0.25, 0.3) is 22.0 Å². The lowest BCUT2D eigenvalue weighted by Crippen LogP contribution is -2.08. The Hall–Kier alpha value is -3.25. The van der Waals surface area contributed by atoms with Crippen LogP contribution >= 0.6 is 11.6 Å². The van der Waals surface area contributed by atoms with Gasteiger partial charge in [0.2, 0.25) is 0 Å². The van der Waals surface area contributed by atoms with E-state index in [1.165, 1.54) is 6.07 Å². The molecule has 7 heteroatoms. The van der Waals surface area contributed by atoms with Gasteiger partial charge in [-0.25, -0.2) is 19.6 Å². The van der Waals surface area contributed by atoms with Gasteiger partial charge in [0, 0.05) is 22.0 Å². The summed E-state index contributed by atoms with van der Waals surface area (Å²) in [7, 11) is 0. The van der Waals surface area contributed by atoms with Crippen molar-refractivity contribution in [3.05, 3.63) is 79.9 Å². The molecular weight excluding hydrogens is 392 g/mol. The molecular formula is C22H17ClN2O4. The molecule has 0 aliphatic heterocycles. The minimum absolute atomic E-state index is 0.0863. The normalized spacial score (nSPS) is 11.2. The van der Waals surface area contributed by atoms with E-state index in [0.717, 1.165) is 17.0 Å². The first-order valence-corrected chi connectivity index (χ1v) is 9.34. The van der Waals surface area contributed by atoms with Gasteiger partial charge in [-0.15, -0.1) is 0 Å². The molecule has 2 heterocycles. The second kappa shape index (κ2) is 7.29. The van der Waals surface area contributed by atoms with Crippen molar-refractivity contribution in [3.8, 4) is 0 Å². The molecule has 0 saturated carbocycles. The Morgan fingerprint density at radius 3 is 2.52 bits per heavy atom. The second-order valence-corrected chi connectivity index (χ2v) is 7.27. The molecule has 29 heavy (non-hydrogen) atoms. The lowest BCUT2D eigenvalue weighted by atomic mass is 10.1. The molecule has 0 saturated heterocycles. The van der Waals surface area contributed by atoms with Gasteiger partial charge in [0.1, 0.15) is 12.2 Å². The number of ether oxygens (including phenoxy) is 1. The minimum atomic E-state index is -0.522. The molecule has 0 fully saturated rings. The van der Waals surface area contributed by atoms with Gasteiger partial charge in [0.15, 0.2) is 0 Å². The first kappa shape index (κ1) is 19.1. The Morgan fingerprint density at radius 1 is 1.03 bits per heavy atom. The second-order valence-electron chi connectivity index (χ2n) is 6.86. The molecule has 0 aliphatic carbocycles. The molecule has 4 rings (SSSR count). The molecule has 2 aromatic carbocycles. The van der Waals surface area contributed by atoms with Gasteiger partial charge in [0.05, 0.1) is 28.0 Å². The number of esters is 1. The van der Waals surface area contributed by atoms with Crippen LogP contribution in [0.2, 0.25) is 5.02 Å². The van der Waals surface area contributed by atoms with Crippen molar-refractivity contribution in [2.45, 2.75) is 27.4 Å². The summed E-state index contributed by atoms with van der Waals surface area (Å²) in [6.07, 6.45) is 0. The number of rotatable bonds is 3. The van der Waals surface area contributed by atoms with Crippen molar-refractivity contribution >= 4 is 39.6 Å². The fourth-order valence-electron chi connectivity index (χ4n) is 3.05. The third kappa shape index (κ3) is 3.71. The highest BCUT2D eigenvalue weighted by molar-refractivity contribution is 6.32. The Morgan fingerprint density at radius 2 is 1.76 bits per heavy atom. The van der Waals surface area contributed by atoms with Crippen LogP contribution in [0.15, 0.2) is 45.6 Å². The van der Waals surface area contributed by atoms with E-state index < -0.39 is 11.6 Å². The molecule has 0 aliphatic rings. The number of hydrogen-bond donors (Lipinski definition) is 0. The lowest BCUT2D eigenvalue weighted by Gasteiger charge is -2.09. The number of benzene rings is 2. The van der Waals surface area contributed by atoms with E-state index in [1.807, 2.05) is 20.8 Å². The summed E-state index contributed by atoms with van der Waals surface area (Å²) in [5, 5.41) is 1.17. The van der Waals surface area contributed by atoms with E-state index in [-0.39, 0.29) is 6.61 Å². The quantitative estimate of drug-likeness (QED) is 0.362. The van der Waals surface area contributed by atoms with Crippen molar-refractivity contribution in [2.24, 2.45) is 0 Å². The molecule has 146 valence electrons. The van der Waals surface area contributed by atoms with Gasteiger partial charge in [-0.05, 0) is 56.7 Å². The average Bonchev–Trinajstić information content (AvgIpc) is 2.67. The molecule has 2 aromatic heterocycles. The minimum Gasteiger partial charge on any atom is -0.457 e. The Balaban J connectivity index is 1.63. The maximum atomic E-state index is 12.6. The highest BCUT2D eigenvalue weighted by atomic mass is 35.5. The van der Waals surface area contributed by atoms with E-state index in [9.17, 15) is 9.59 Å². The van der Waals surface area contributed by atoms with Crippen LogP contribution in [-0.2, 0) is 11.3 Å². The van der Waals surface area contributed by atoms with E-state index in [2.05, 4.69) is 9.97 Å². The fourth-order valence-corrected chi connectivity index (χ4v) is 3.22. The summed E-state index contributed by atoms with van der Waals surface area (Å²) in [5.41, 5.74) is 4.54. The maximum absolute atomic E-state index is 12.6. The number of fused-ring (bicyclic) bond motifs is 2. The Labute approximate surface area is 171 Å². The van der Waals surface area contributed by atoms with Gasteiger partial charge in [-0.3, -0.25) is 0 Å². The van der Waals surface area contributed by atoms with Gasteiger partial charge in [0.25, 0.3) is 0 Å². The van der Waals surface area contributed by atoms with E-state index in [0.29, 0.717) is 38.2 Å². The third-order valence-corrected chi connectivity index (χ3v) is 5.19.